The first-order chi connectivity index (χ1) is 20.3. The number of methoxy groups -OCH3 is 6. The van der Waals surface area contributed by atoms with E-state index >= 15 is 0 Å². The predicted molar refractivity (Wildman–Crippen MR) is 177 cm³/mol. The number of benzene rings is 3. The van der Waals surface area contributed by atoms with Gasteiger partial charge in [-0.15, -0.1) is 0 Å². The van der Waals surface area contributed by atoms with Crippen molar-refractivity contribution in [1.29, 1.82) is 0 Å². The van der Waals surface area contributed by atoms with E-state index in [0.29, 0.717) is 51.2 Å². The summed E-state index contributed by atoms with van der Waals surface area (Å²) in [7, 11) is 9.50. The molecule has 1 N–H and O–H groups in total. The Morgan fingerprint density at radius 2 is 0.523 bits per heavy atom. The lowest BCUT2D eigenvalue weighted by Gasteiger charge is -2.38. The maximum Gasteiger partial charge on any atom is 0.162 e. The highest BCUT2D eigenvalue weighted by molar-refractivity contribution is 5.71. The fourth-order valence-corrected chi connectivity index (χ4v) is 5.48. The molecule has 0 aliphatic rings. The average molecular weight is 609 g/mol. The van der Waals surface area contributed by atoms with Gasteiger partial charge >= 0.3 is 0 Å². The lowest BCUT2D eigenvalue weighted by molar-refractivity contribution is 0.104. The van der Waals surface area contributed by atoms with Crippen molar-refractivity contribution in [3.63, 3.8) is 0 Å². The Balaban J connectivity index is 2.75. The summed E-state index contributed by atoms with van der Waals surface area (Å²) in [5.74, 6) is 2.53. The van der Waals surface area contributed by atoms with Gasteiger partial charge < -0.3 is 33.5 Å². The van der Waals surface area contributed by atoms with Crippen molar-refractivity contribution >= 4 is 0 Å². The molecule has 0 aromatic heterocycles. The predicted octanol–water partition coefficient (Wildman–Crippen LogP) is 7.91. The van der Waals surface area contributed by atoms with Gasteiger partial charge in [-0.2, -0.15) is 0 Å². The SMILES string of the molecule is COc1cc(C(C)(C)C)cc(OC)c1C(O)(c1c(OC)cc(C(C)(C)C)cc1OC)c1c(OC)cc(C(C)(C)C)cc1OC. The Morgan fingerprint density at radius 3 is 0.636 bits per heavy atom. The largest absolute Gasteiger partial charge is 0.496 e. The second-order valence-corrected chi connectivity index (χ2v) is 14.2. The van der Waals surface area contributed by atoms with Crippen LogP contribution < -0.4 is 28.4 Å². The third kappa shape index (κ3) is 6.30. The molecule has 0 radical (unpaired) electrons. The quantitative estimate of drug-likeness (QED) is 0.247. The van der Waals surface area contributed by atoms with E-state index in [1.807, 2.05) is 36.4 Å². The van der Waals surface area contributed by atoms with E-state index in [9.17, 15) is 5.11 Å². The molecule has 0 aliphatic carbocycles. The van der Waals surface area contributed by atoms with Gasteiger partial charge in [0.15, 0.2) is 5.60 Å². The van der Waals surface area contributed by atoms with E-state index in [1.54, 1.807) is 42.7 Å². The first kappa shape index (κ1) is 34.9. The van der Waals surface area contributed by atoms with Gasteiger partial charge in [-0.1, -0.05) is 62.3 Å². The summed E-state index contributed by atoms with van der Waals surface area (Å²) in [6, 6.07) is 11.6. The first-order valence-electron chi connectivity index (χ1n) is 14.9. The van der Waals surface area contributed by atoms with Gasteiger partial charge in [0, 0.05) is 0 Å². The Morgan fingerprint density at radius 1 is 0.364 bits per heavy atom. The van der Waals surface area contributed by atoms with Crippen molar-refractivity contribution in [2.45, 2.75) is 84.2 Å². The third-order valence-electron chi connectivity index (χ3n) is 8.20. The van der Waals surface area contributed by atoms with Gasteiger partial charge in [0.05, 0.1) is 59.3 Å². The fourth-order valence-electron chi connectivity index (χ4n) is 5.48. The van der Waals surface area contributed by atoms with Gasteiger partial charge in [0.1, 0.15) is 34.5 Å². The van der Waals surface area contributed by atoms with Crippen LogP contribution in [0.25, 0.3) is 0 Å². The number of hydrogen-bond donors (Lipinski definition) is 1. The molecule has 3 rings (SSSR count). The molecule has 0 saturated carbocycles. The topological polar surface area (TPSA) is 75.6 Å². The van der Waals surface area contributed by atoms with Crippen molar-refractivity contribution in [3.05, 3.63) is 69.8 Å². The summed E-state index contributed by atoms with van der Waals surface area (Å²) >= 11 is 0. The maximum atomic E-state index is 13.7. The van der Waals surface area contributed by atoms with E-state index < -0.39 is 5.60 Å². The minimum Gasteiger partial charge on any atom is -0.496 e. The van der Waals surface area contributed by atoms with Gasteiger partial charge in [0.25, 0.3) is 0 Å². The second kappa shape index (κ2) is 12.4. The number of ether oxygens (including phenoxy) is 6. The zero-order valence-electron chi connectivity index (χ0n) is 29.4. The lowest BCUT2D eigenvalue weighted by atomic mass is 9.74. The van der Waals surface area contributed by atoms with Crippen LogP contribution in [0.3, 0.4) is 0 Å². The molecule has 0 aliphatic heterocycles. The van der Waals surface area contributed by atoms with Crippen molar-refractivity contribution in [2.75, 3.05) is 42.7 Å². The zero-order chi connectivity index (χ0) is 33.4. The Labute approximate surface area is 264 Å². The molecule has 0 fully saturated rings. The standard InChI is InChI=1S/C37H52O7/c1-34(2,3)22-16-25(39-10)31(26(17-22)40-11)37(38,32-27(41-12)18-23(35(4,5)6)19-28(32)42-13)33-29(43-14)20-24(36(7,8)9)21-30(33)44-15/h16-21,38H,1-15H3. The smallest absolute Gasteiger partial charge is 0.162 e. The summed E-state index contributed by atoms with van der Waals surface area (Å²) < 4.78 is 36.4. The molecule has 0 bridgehead atoms. The Hall–Kier alpha value is -3.58. The van der Waals surface area contributed by atoms with Crippen LogP contribution in [-0.4, -0.2) is 47.8 Å². The van der Waals surface area contributed by atoms with E-state index in [0.717, 1.165) is 16.7 Å². The lowest BCUT2D eigenvalue weighted by Crippen LogP contribution is -2.33. The molecule has 0 saturated heterocycles. The molecule has 3 aromatic carbocycles. The van der Waals surface area contributed by atoms with Crippen molar-refractivity contribution in [2.24, 2.45) is 0 Å². The van der Waals surface area contributed by atoms with E-state index in [2.05, 4.69) is 62.3 Å². The van der Waals surface area contributed by atoms with Crippen LogP contribution >= 0.6 is 0 Å². The van der Waals surface area contributed by atoms with Gasteiger partial charge in [0.2, 0.25) is 0 Å². The maximum absolute atomic E-state index is 13.7. The van der Waals surface area contributed by atoms with Crippen LogP contribution in [0.5, 0.6) is 34.5 Å². The fraction of sp³-hybridized carbons (Fsp3) is 0.514. The van der Waals surface area contributed by atoms with E-state index in [-0.39, 0.29) is 16.2 Å². The molecule has 44 heavy (non-hydrogen) atoms. The molecular formula is C37H52O7. The van der Waals surface area contributed by atoms with Crippen LogP contribution in [0.4, 0.5) is 0 Å². The molecule has 0 heterocycles. The minimum atomic E-state index is -2.02. The average Bonchev–Trinajstić information content (AvgIpc) is 2.96. The highest BCUT2D eigenvalue weighted by Gasteiger charge is 2.49. The van der Waals surface area contributed by atoms with Crippen LogP contribution in [0, 0.1) is 0 Å². The van der Waals surface area contributed by atoms with Crippen LogP contribution in [0.1, 0.15) is 95.7 Å². The molecule has 0 amide bonds. The van der Waals surface area contributed by atoms with Gasteiger partial charge in [-0.05, 0) is 69.3 Å². The molecular weight excluding hydrogens is 556 g/mol. The van der Waals surface area contributed by atoms with E-state index in [1.165, 1.54) is 0 Å². The van der Waals surface area contributed by atoms with Crippen LogP contribution in [0.15, 0.2) is 36.4 Å². The molecule has 242 valence electrons. The number of rotatable bonds is 9. The Bertz CT molecular complexity index is 1230. The monoisotopic (exact) mass is 608 g/mol. The second-order valence-electron chi connectivity index (χ2n) is 14.2. The van der Waals surface area contributed by atoms with Crippen LogP contribution in [-0.2, 0) is 21.8 Å². The summed E-state index contributed by atoms with van der Waals surface area (Å²) in [6.07, 6.45) is 0. The summed E-state index contributed by atoms with van der Waals surface area (Å²) in [4.78, 5) is 0. The number of aliphatic hydroxyl groups is 1. The van der Waals surface area contributed by atoms with Crippen LogP contribution in [0.2, 0.25) is 0 Å². The molecule has 7 nitrogen and oxygen atoms in total. The molecule has 3 aromatic rings. The molecule has 0 unspecified atom stereocenters. The van der Waals surface area contributed by atoms with Gasteiger partial charge in [-0.3, -0.25) is 0 Å². The highest BCUT2D eigenvalue weighted by atomic mass is 16.5. The Kier molecular flexibility index (Phi) is 9.86. The summed E-state index contributed by atoms with van der Waals surface area (Å²) in [5.41, 5.74) is 1.28. The molecule has 0 spiro atoms. The normalized spacial score (nSPS) is 12.5. The highest BCUT2D eigenvalue weighted by Crippen LogP contribution is 2.57. The molecule has 7 heteroatoms. The number of hydrogen-bond acceptors (Lipinski definition) is 7. The molecule has 0 atom stereocenters. The minimum absolute atomic E-state index is 0.231. The van der Waals surface area contributed by atoms with Gasteiger partial charge in [-0.25, -0.2) is 0 Å². The first-order valence-corrected chi connectivity index (χ1v) is 14.9. The van der Waals surface area contributed by atoms with Crippen molar-refractivity contribution in [1.82, 2.24) is 0 Å². The van der Waals surface area contributed by atoms with Crippen molar-refractivity contribution < 1.29 is 33.5 Å². The summed E-state index contributed by atoms with van der Waals surface area (Å²) in [6.45, 7) is 19.0. The third-order valence-corrected chi connectivity index (χ3v) is 8.20. The zero-order valence-corrected chi connectivity index (χ0v) is 29.4. The summed E-state index contributed by atoms with van der Waals surface area (Å²) in [5, 5.41) is 13.7. The van der Waals surface area contributed by atoms with Crippen molar-refractivity contribution in [3.8, 4) is 34.5 Å². The van der Waals surface area contributed by atoms with E-state index in [4.69, 9.17) is 28.4 Å².